The van der Waals surface area contributed by atoms with Crippen molar-refractivity contribution in [1.29, 1.82) is 5.26 Å². The second kappa shape index (κ2) is 4.64. The summed E-state index contributed by atoms with van der Waals surface area (Å²) in [5, 5.41) is 17.6. The SMILES string of the molecule is CC(C)(C#Cc1ccc(C#N)cc1)CO. The van der Waals surface area contributed by atoms with Gasteiger partial charge in [-0.05, 0) is 38.1 Å². The van der Waals surface area contributed by atoms with Crippen molar-refractivity contribution in [3.8, 4) is 17.9 Å². The monoisotopic (exact) mass is 199 g/mol. The third kappa shape index (κ3) is 3.46. The van der Waals surface area contributed by atoms with Crippen LogP contribution in [0, 0.1) is 28.6 Å². The zero-order valence-corrected chi connectivity index (χ0v) is 8.91. The summed E-state index contributed by atoms with van der Waals surface area (Å²) < 4.78 is 0. The van der Waals surface area contributed by atoms with Gasteiger partial charge in [0.15, 0.2) is 0 Å². The number of aliphatic hydroxyl groups is 1. The normalized spacial score (nSPS) is 10.0. The Kier molecular flexibility index (Phi) is 3.50. The zero-order valence-electron chi connectivity index (χ0n) is 8.91. The van der Waals surface area contributed by atoms with Crippen molar-refractivity contribution in [2.24, 2.45) is 5.41 Å². The molecule has 1 N–H and O–H groups in total. The van der Waals surface area contributed by atoms with Gasteiger partial charge in [0.2, 0.25) is 0 Å². The predicted molar refractivity (Wildman–Crippen MR) is 58.9 cm³/mol. The number of rotatable bonds is 1. The summed E-state index contributed by atoms with van der Waals surface area (Å²) in [6, 6.07) is 9.12. The number of nitrogens with zero attached hydrogens (tertiary/aromatic N) is 1. The Bertz CT molecular complexity index is 426. The predicted octanol–water partition coefficient (Wildman–Crippen LogP) is 1.93. The molecule has 0 saturated carbocycles. The van der Waals surface area contributed by atoms with Crippen molar-refractivity contribution >= 4 is 0 Å². The van der Waals surface area contributed by atoms with Gasteiger partial charge in [0.05, 0.1) is 18.2 Å². The van der Waals surface area contributed by atoms with Crippen molar-refractivity contribution in [3.05, 3.63) is 35.4 Å². The molecule has 0 unspecified atom stereocenters. The molecule has 0 aliphatic rings. The molecule has 0 radical (unpaired) electrons. The Hall–Kier alpha value is -1.77. The number of aliphatic hydroxyl groups excluding tert-OH is 1. The molecule has 0 amide bonds. The fourth-order valence-electron chi connectivity index (χ4n) is 0.909. The standard InChI is InChI=1S/C13H13NO/c1-13(2,10-15)8-7-11-3-5-12(9-14)6-4-11/h3-6,15H,10H2,1-2H3. The quantitative estimate of drug-likeness (QED) is 0.702. The van der Waals surface area contributed by atoms with Gasteiger partial charge in [0.25, 0.3) is 0 Å². The molecule has 0 fully saturated rings. The van der Waals surface area contributed by atoms with E-state index in [0.717, 1.165) is 5.56 Å². The largest absolute Gasteiger partial charge is 0.395 e. The van der Waals surface area contributed by atoms with Crippen molar-refractivity contribution in [2.75, 3.05) is 6.61 Å². The van der Waals surface area contributed by atoms with Crippen LogP contribution < -0.4 is 0 Å². The molecule has 0 bridgehead atoms. The van der Waals surface area contributed by atoms with E-state index in [1.807, 2.05) is 19.9 Å². The van der Waals surface area contributed by atoms with E-state index in [9.17, 15) is 0 Å². The first-order valence-corrected chi connectivity index (χ1v) is 4.71. The van der Waals surface area contributed by atoms with Crippen molar-refractivity contribution in [3.63, 3.8) is 0 Å². The maximum absolute atomic E-state index is 9.01. The maximum atomic E-state index is 9.01. The molecule has 2 nitrogen and oxygen atoms in total. The van der Waals surface area contributed by atoms with E-state index in [2.05, 4.69) is 11.8 Å². The molecule has 0 aromatic heterocycles. The summed E-state index contributed by atoms with van der Waals surface area (Å²) in [5.41, 5.74) is 1.10. The number of nitriles is 1. The minimum atomic E-state index is -0.381. The lowest BCUT2D eigenvalue weighted by Crippen LogP contribution is -2.13. The van der Waals surface area contributed by atoms with E-state index in [1.54, 1.807) is 24.3 Å². The minimum absolute atomic E-state index is 0.0380. The van der Waals surface area contributed by atoms with Crippen molar-refractivity contribution < 1.29 is 5.11 Å². The molecule has 0 heterocycles. The Morgan fingerprint density at radius 2 is 1.73 bits per heavy atom. The molecule has 0 aliphatic heterocycles. The second-order valence-electron chi connectivity index (χ2n) is 3.98. The molecule has 0 saturated heterocycles. The first-order chi connectivity index (χ1) is 7.07. The van der Waals surface area contributed by atoms with Crippen LogP contribution in [-0.4, -0.2) is 11.7 Å². The van der Waals surface area contributed by atoms with Crippen molar-refractivity contribution in [1.82, 2.24) is 0 Å². The lowest BCUT2D eigenvalue weighted by molar-refractivity contribution is 0.206. The van der Waals surface area contributed by atoms with Gasteiger partial charge < -0.3 is 5.11 Å². The summed E-state index contributed by atoms with van der Waals surface area (Å²) in [5.74, 6) is 5.95. The minimum Gasteiger partial charge on any atom is -0.395 e. The first-order valence-electron chi connectivity index (χ1n) is 4.71. The highest BCUT2D eigenvalue weighted by atomic mass is 16.3. The molecule has 0 spiro atoms. The topological polar surface area (TPSA) is 44.0 Å². The second-order valence-corrected chi connectivity index (χ2v) is 3.98. The fourth-order valence-corrected chi connectivity index (χ4v) is 0.909. The number of hydrogen-bond donors (Lipinski definition) is 1. The summed E-state index contributed by atoms with van der Waals surface area (Å²) >= 11 is 0. The molecule has 76 valence electrons. The highest BCUT2D eigenvalue weighted by Gasteiger charge is 2.11. The van der Waals surface area contributed by atoms with E-state index in [0.29, 0.717) is 5.56 Å². The lowest BCUT2D eigenvalue weighted by atomic mass is 9.95. The summed E-state index contributed by atoms with van der Waals surface area (Å²) in [6.07, 6.45) is 0. The fraction of sp³-hybridized carbons (Fsp3) is 0.308. The van der Waals surface area contributed by atoms with Crippen LogP contribution >= 0.6 is 0 Å². The Morgan fingerprint density at radius 3 is 2.20 bits per heavy atom. The summed E-state index contributed by atoms with van der Waals surface area (Å²) in [6.45, 7) is 3.80. The van der Waals surface area contributed by atoms with Gasteiger partial charge in [-0.2, -0.15) is 5.26 Å². The maximum Gasteiger partial charge on any atom is 0.0991 e. The van der Waals surface area contributed by atoms with Gasteiger partial charge in [-0.1, -0.05) is 11.8 Å². The van der Waals surface area contributed by atoms with Crippen LogP contribution in [0.2, 0.25) is 0 Å². The van der Waals surface area contributed by atoms with Crippen LogP contribution in [0.15, 0.2) is 24.3 Å². The molecule has 1 aromatic carbocycles. The molecular formula is C13H13NO. The van der Waals surface area contributed by atoms with Crippen LogP contribution in [0.1, 0.15) is 25.0 Å². The molecule has 15 heavy (non-hydrogen) atoms. The third-order valence-electron chi connectivity index (χ3n) is 1.95. The summed E-state index contributed by atoms with van der Waals surface area (Å²) in [4.78, 5) is 0. The number of hydrogen-bond acceptors (Lipinski definition) is 2. The average molecular weight is 199 g/mol. The smallest absolute Gasteiger partial charge is 0.0991 e. The van der Waals surface area contributed by atoms with Crippen LogP contribution in [-0.2, 0) is 0 Å². The van der Waals surface area contributed by atoms with E-state index >= 15 is 0 Å². The molecule has 1 aromatic rings. The Labute approximate surface area is 90.2 Å². The Balaban J connectivity index is 2.87. The van der Waals surface area contributed by atoms with Gasteiger partial charge in [-0.3, -0.25) is 0 Å². The molecule has 2 heteroatoms. The van der Waals surface area contributed by atoms with E-state index in [1.165, 1.54) is 0 Å². The first kappa shape index (κ1) is 11.3. The Morgan fingerprint density at radius 1 is 1.20 bits per heavy atom. The zero-order chi connectivity index (χ0) is 11.3. The van der Waals surface area contributed by atoms with Crippen LogP contribution in [0.4, 0.5) is 0 Å². The van der Waals surface area contributed by atoms with E-state index in [4.69, 9.17) is 10.4 Å². The molecule has 0 atom stereocenters. The highest BCUT2D eigenvalue weighted by molar-refractivity contribution is 5.40. The lowest BCUT2D eigenvalue weighted by Gasteiger charge is -2.11. The molecular weight excluding hydrogens is 186 g/mol. The number of benzene rings is 1. The third-order valence-corrected chi connectivity index (χ3v) is 1.95. The van der Waals surface area contributed by atoms with Gasteiger partial charge in [0.1, 0.15) is 0 Å². The van der Waals surface area contributed by atoms with Gasteiger partial charge in [-0.25, -0.2) is 0 Å². The van der Waals surface area contributed by atoms with Gasteiger partial charge in [-0.15, -0.1) is 0 Å². The van der Waals surface area contributed by atoms with Crippen LogP contribution in [0.5, 0.6) is 0 Å². The molecule has 1 rings (SSSR count). The van der Waals surface area contributed by atoms with Crippen LogP contribution in [0.3, 0.4) is 0 Å². The average Bonchev–Trinajstić information content (AvgIpc) is 2.27. The van der Waals surface area contributed by atoms with Gasteiger partial charge >= 0.3 is 0 Å². The van der Waals surface area contributed by atoms with E-state index in [-0.39, 0.29) is 12.0 Å². The summed E-state index contributed by atoms with van der Waals surface area (Å²) in [7, 11) is 0. The highest BCUT2D eigenvalue weighted by Crippen LogP contribution is 2.11. The van der Waals surface area contributed by atoms with Crippen LogP contribution in [0.25, 0.3) is 0 Å². The molecule has 0 aliphatic carbocycles. The van der Waals surface area contributed by atoms with E-state index < -0.39 is 0 Å². The van der Waals surface area contributed by atoms with Gasteiger partial charge in [0, 0.05) is 11.0 Å². The van der Waals surface area contributed by atoms with Crippen molar-refractivity contribution in [2.45, 2.75) is 13.8 Å².